The Morgan fingerprint density at radius 2 is 1.53 bits per heavy atom. The molecule has 168 valence electrons. The minimum atomic E-state index is -1.17. The summed E-state index contributed by atoms with van der Waals surface area (Å²) in [6, 6.07) is 18.1. The molecule has 3 N–H and O–H groups in total. The Balaban J connectivity index is 2.02. The fourth-order valence-electron chi connectivity index (χ4n) is 3.05. The molecule has 8 heteroatoms. The predicted octanol–water partition coefficient (Wildman–Crippen LogP) is 3.18. The molecule has 0 fully saturated rings. The molecular weight excluding hydrogens is 410 g/mol. The standard InChI is InChI=1S/C24H27N3O5/c25-15-9-3-8-14-20(23(29)30)26-22(28)21(16-18-10-4-1-5-11-18)27-24(31)32-17-19-12-6-2-7-13-19/h1-2,4-7,10-13,20-21H,3,8-9,14,16-17H2,(H,26,28)(H,27,31)(H,29,30)/t20-,21+/m0/s1. The van der Waals surface area contributed by atoms with Gasteiger partial charge in [0.25, 0.3) is 0 Å². The molecule has 0 radical (unpaired) electrons. The van der Waals surface area contributed by atoms with Gasteiger partial charge in [0.15, 0.2) is 0 Å². The zero-order valence-electron chi connectivity index (χ0n) is 17.7. The van der Waals surface area contributed by atoms with Gasteiger partial charge in [0.05, 0.1) is 6.07 Å². The van der Waals surface area contributed by atoms with Crippen LogP contribution >= 0.6 is 0 Å². The van der Waals surface area contributed by atoms with E-state index in [0.29, 0.717) is 19.3 Å². The number of nitrogens with zero attached hydrogens (tertiary/aromatic N) is 1. The lowest BCUT2D eigenvalue weighted by Crippen LogP contribution is -2.52. The Hall–Kier alpha value is -3.86. The van der Waals surface area contributed by atoms with Crippen molar-refractivity contribution in [2.75, 3.05) is 0 Å². The molecule has 0 aliphatic rings. The van der Waals surface area contributed by atoms with E-state index in [0.717, 1.165) is 11.1 Å². The van der Waals surface area contributed by atoms with E-state index < -0.39 is 30.1 Å². The molecule has 0 aliphatic carbocycles. The number of carboxylic acid groups (broad SMARTS) is 1. The number of carbonyl (C=O) groups is 3. The summed E-state index contributed by atoms with van der Waals surface area (Å²) < 4.78 is 5.21. The second kappa shape index (κ2) is 13.4. The highest BCUT2D eigenvalue weighted by Gasteiger charge is 2.27. The second-order valence-corrected chi connectivity index (χ2v) is 7.25. The van der Waals surface area contributed by atoms with Crippen LogP contribution in [-0.4, -0.2) is 35.2 Å². The van der Waals surface area contributed by atoms with Gasteiger partial charge in [-0.3, -0.25) is 4.79 Å². The molecule has 2 atom stereocenters. The predicted molar refractivity (Wildman–Crippen MR) is 117 cm³/mol. The molecule has 32 heavy (non-hydrogen) atoms. The molecule has 2 amide bonds. The summed E-state index contributed by atoms with van der Waals surface area (Å²) in [5.74, 6) is -1.78. The smallest absolute Gasteiger partial charge is 0.408 e. The van der Waals surface area contributed by atoms with Crippen molar-refractivity contribution in [3.05, 3.63) is 71.8 Å². The molecule has 2 aromatic rings. The number of aliphatic carboxylic acids is 1. The van der Waals surface area contributed by atoms with Crippen molar-refractivity contribution in [3.8, 4) is 6.07 Å². The summed E-state index contributed by atoms with van der Waals surface area (Å²) >= 11 is 0. The normalized spacial score (nSPS) is 12.1. The van der Waals surface area contributed by atoms with Crippen LogP contribution in [-0.2, 0) is 27.4 Å². The maximum absolute atomic E-state index is 12.9. The molecule has 0 heterocycles. The van der Waals surface area contributed by atoms with Crippen LogP contribution in [0.4, 0.5) is 4.79 Å². The van der Waals surface area contributed by atoms with Crippen molar-refractivity contribution in [1.82, 2.24) is 10.6 Å². The van der Waals surface area contributed by atoms with Gasteiger partial charge in [-0.15, -0.1) is 0 Å². The summed E-state index contributed by atoms with van der Waals surface area (Å²) in [5.41, 5.74) is 1.60. The largest absolute Gasteiger partial charge is 0.480 e. The Kier molecular flexibility index (Phi) is 10.3. The van der Waals surface area contributed by atoms with Crippen LogP contribution in [0, 0.1) is 11.3 Å². The monoisotopic (exact) mass is 437 g/mol. The quantitative estimate of drug-likeness (QED) is 0.438. The number of nitriles is 1. The number of hydrogen-bond acceptors (Lipinski definition) is 5. The van der Waals surface area contributed by atoms with Crippen LogP contribution in [0.3, 0.4) is 0 Å². The van der Waals surface area contributed by atoms with Gasteiger partial charge in [0, 0.05) is 12.8 Å². The highest BCUT2D eigenvalue weighted by atomic mass is 16.5. The van der Waals surface area contributed by atoms with Gasteiger partial charge in [-0.1, -0.05) is 60.7 Å². The highest BCUT2D eigenvalue weighted by Crippen LogP contribution is 2.08. The number of rotatable bonds is 12. The maximum Gasteiger partial charge on any atom is 0.408 e. The van der Waals surface area contributed by atoms with E-state index in [9.17, 15) is 19.5 Å². The highest BCUT2D eigenvalue weighted by molar-refractivity contribution is 5.89. The average molecular weight is 437 g/mol. The summed E-state index contributed by atoms with van der Waals surface area (Å²) in [7, 11) is 0. The third kappa shape index (κ3) is 8.88. The SMILES string of the molecule is N#CCCCC[C@H](NC(=O)[C@@H](Cc1ccccc1)NC(=O)OCc1ccccc1)C(=O)O. The number of alkyl carbamates (subject to hydrolysis) is 1. The van der Waals surface area contributed by atoms with E-state index in [1.165, 1.54) is 0 Å². The zero-order chi connectivity index (χ0) is 23.2. The van der Waals surface area contributed by atoms with Crippen molar-refractivity contribution in [3.63, 3.8) is 0 Å². The van der Waals surface area contributed by atoms with E-state index in [1.807, 2.05) is 66.7 Å². The third-order valence-electron chi connectivity index (χ3n) is 4.75. The van der Waals surface area contributed by atoms with Gasteiger partial charge in [0.1, 0.15) is 18.7 Å². The lowest BCUT2D eigenvalue weighted by atomic mass is 10.0. The Labute approximate surface area is 187 Å². The Morgan fingerprint density at radius 1 is 0.906 bits per heavy atom. The van der Waals surface area contributed by atoms with Crippen molar-refractivity contribution < 1.29 is 24.2 Å². The van der Waals surface area contributed by atoms with Crippen molar-refractivity contribution >= 4 is 18.0 Å². The first-order valence-electron chi connectivity index (χ1n) is 10.4. The van der Waals surface area contributed by atoms with Crippen molar-refractivity contribution in [2.45, 2.75) is 50.8 Å². The van der Waals surface area contributed by atoms with Gasteiger partial charge in [-0.05, 0) is 30.4 Å². The number of hydrogen-bond donors (Lipinski definition) is 3. The topological polar surface area (TPSA) is 129 Å². The van der Waals surface area contributed by atoms with Crippen LogP contribution in [0.5, 0.6) is 0 Å². The Morgan fingerprint density at radius 3 is 2.12 bits per heavy atom. The van der Waals surface area contributed by atoms with Crippen LogP contribution < -0.4 is 10.6 Å². The second-order valence-electron chi connectivity index (χ2n) is 7.25. The molecular formula is C24H27N3O5. The first-order valence-corrected chi connectivity index (χ1v) is 10.4. The van der Waals surface area contributed by atoms with Gasteiger partial charge in [-0.2, -0.15) is 5.26 Å². The fraction of sp³-hybridized carbons (Fsp3) is 0.333. The lowest BCUT2D eigenvalue weighted by molar-refractivity contribution is -0.142. The summed E-state index contributed by atoms with van der Waals surface area (Å²) in [4.78, 5) is 36.8. The minimum Gasteiger partial charge on any atom is -0.480 e. The summed E-state index contributed by atoms with van der Waals surface area (Å²) in [6.07, 6.45) is 0.957. The number of unbranched alkanes of at least 4 members (excludes halogenated alkanes) is 2. The van der Waals surface area contributed by atoms with E-state index in [2.05, 4.69) is 10.6 Å². The van der Waals surface area contributed by atoms with Crippen LogP contribution in [0.15, 0.2) is 60.7 Å². The molecule has 0 saturated heterocycles. The molecule has 0 aromatic heterocycles. The first-order chi connectivity index (χ1) is 15.5. The zero-order valence-corrected chi connectivity index (χ0v) is 17.7. The van der Waals surface area contributed by atoms with Gasteiger partial charge >= 0.3 is 12.1 Å². The molecule has 0 saturated carbocycles. The third-order valence-corrected chi connectivity index (χ3v) is 4.75. The number of carboxylic acids is 1. The van der Waals surface area contributed by atoms with E-state index in [-0.39, 0.29) is 19.4 Å². The summed E-state index contributed by atoms with van der Waals surface area (Å²) in [5, 5.41) is 23.1. The minimum absolute atomic E-state index is 0.0446. The van der Waals surface area contributed by atoms with Crippen molar-refractivity contribution in [2.24, 2.45) is 0 Å². The summed E-state index contributed by atoms with van der Waals surface area (Å²) in [6.45, 7) is 0.0446. The van der Waals surface area contributed by atoms with Crippen LogP contribution in [0.25, 0.3) is 0 Å². The molecule has 0 unspecified atom stereocenters. The van der Waals surface area contributed by atoms with E-state index in [4.69, 9.17) is 10.00 Å². The first kappa shape index (κ1) is 24.4. The van der Waals surface area contributed by atoms with E-state index in [1.54, 1.807) is 0 Å². The number of nitrogens with one attached hydrogen (secondary N) is 2. The number of benzene rings is 2. The number of ether oxygens (including phenoxy) is 1. The van der Waals surface area contributed by atoms with E-state index >= 15 is 0 Å². The molecule has 2 aromatic carbocycles. The number of amides is 2. The van der Waals surface area contributed by atoms with Gasteiger partial charge < -0.3 is 20.5 Å². The van der Waals surface area contributed by atoms with Crippen LogP contribution in [0.2, 0.25) is 0 Å². The molecule has 0 aliphatic heterocycles. The average Bonchev–Trinajstić information content (AvgIpc) is 2.80. The number of carbonyl (C=O) groups excluding carboxylic acids is 2. The van der Waals surface area contributed by atoms with Crippen molar-refractivity contribution in [1.29, 1.82) is 5.26 Å². The van der Waals surface area contributed by atoms with Gasteiger partial charge in [0.2, 0.25) is 5.91 Å². The maximum atomic E-state index is 12.9. The molecule has 2 rings (SSSR count). The molecule has 0 spiro atoms. The lowest BCUT2D eigenvalue weighted by Gasteiger charge is -2.21. The van der Waals surface area contributed by atoms with Gasteiger partial charge in [-0.25, -0.2) is 9.59 Å². The van der Waals surface area contributed by atoms with Crippen LogP contribution in [0.1, 0.15) is 36.8 Å². The molecule has 8 nitrogen and oxygen atoms in total. The fourth-order valence-corrected chi connectivity index (χ4v) is 3.05. The Bertz CT molecular complexity index is 912. The molecule has 0 bridgehead atoms.